The van der Waals surface area contributed by atoms with Crippen molar-refractivity contribution in [2.45, 2.75) is 51.6 Å². The van der Waals surface area contributed by atoms with E-state index in [1.807, 2.05) is 20.8 Å². The molecule has 0 aromatic heterocycles. The fourth-order valence-electron chi connectivity index (χ4n) is 1.83. The van der Waals surface area contributed by atoms with Gasteiger partial charge in [-0.15, -0.1) is 0 Å². The van der Waals surface area contributed by atoms with Gasteiger partial charge in [0.25, 0.3) is 0 Å². The molecule has 0 aliphatic rings. The van der Waals surface area contributed by atoms with Crippen molar-refractivity contribution in [3.8, 4) is 0 Å². The van der Waals surface area contributed by atoms with E-state index in [-0.39, 0.29) is 5.56 Å². The molecular formula is C14H20F3NOS. The summed E-state index contributed by atoms with van der Waals surface area (Å²) in [6.45, 7) is 8.58. The van der Waals surface area contributed by atoms with E-state index in [0.717, 1.165) is 6.07 Å². The minimum absolute atomic E-state index is 0.172. The molecule has 0 fully saturated rings. The van der Waals surface area contributed by atoms with Crippen LogP contribution in [-0.4, -0.2) is 8.96 Å². The van der Waals surface area contributed by atoms with Gasteiger partial charge in [-0.25, -0.2) is 8.93 Å². The third kappa shape index (κ3) is 4.06. The van der Waals surface area contributed by atoms with Crippen LogP contribution in [0.25, 0.3) is 0 Å². The smallest absolute Gasteiger partial charge is 0.242 e. The van der Waals surface area contributed by atoms with Gasteiger partial charge < -0.3 is 0 Å². The van der Waals surface area contributed by atoms with E-state index in [9.17, 15) is 17.4 Å². The first-order valence-electron chi connectivity index (χ1n) is 6.29. The van der Waals surface area contributed by atoms with Crippen molar-refractivity contribution in [2.24, 2.45) is 0 Å². The van der Waals surface area contributed by atoms with Crippen molar-refractivity contribution < 1.29 is 17.4 Å². The largest absolute Gasteiger partial charge is 0.416 e. The number of benzene rings is 1. The lowest BCUT2D eigenvalue weighted by molar-refractivity contribution is -0.138. The van der Waals surface area contributed by atoms with Crippen LogP contribution in [0, 0.1) is 6.92 Å². The molecule has 0 radical (unpaired) electrons. The van der Waals surface area contributed by atoms with Gasteiger partial charge in [0.1, 0.15) is 0 Å². The Hall–Kier alpha value is -0.880. The van der Waals surface area contributed by atoms with Crippen LogP contribution in [0.4, 0.5) is 13.2 Å². The molecule has 20 heavy (non-hydrogen) atoms. The van der Waals surface area contributed by atoms with Crippen LogP contribution >= 0.6 is 0 Å². The fourth-order valence-corrected chi connectivity index (χ4v) is 2.63. The van der Waals surface area contributed by atoms with Gasteiger partial charge in [-0.2, -0.15) is 13.2 Å². The van der Waals surface area contributed by atoms with E-state index >= 15 is 0 Å². The zero-order valence-electron chi connectivity index (χ0n) is 12.3. The van der Waals surface area contributed by atoms with Gasteiger partial charge in [0, 0.05) is 6.04 Å². The van der Waals surface area contributed by atoms with E-state index < -0.39 is 33.5 Å². The van der Waals surface area contributed by atoms with Gasteiger partial charge >= 0.3 is 6.18 Å². The Morgan fingerprint density at radius 1 is 1.20 bits per heavy atom. The summed E-state index contributed by atoms with van der Waals surface area (Å²) in [4.78, 5) is 0. The molecule has 0 unspecified atom stereocenters. The van der Waals surface area contributed by atoms with Crippen LogP contribution < -0.4 is 4.72 Å². The molecule has 114 valence electrons. The molecule has 0 aliphatic heterocycles. The van der Waals surface area contributed by atoms with Gasteiger partial charge in [0.15, 0.2) is 0 Å². The number of hydrogen-bond acceptors (Lipinski definition) is 1. The van der Waals surface area contributed by atoms with E-state index in [0.29, 0.717) is 5.56 Å². The van der Waals surface area contributed by atoms with Crippen molar-refractivity contribution in [1.29, 1.82) is 0 Å². The van der Waals surface area contributed by atoms with E-state index in [1.54, 1.807) is 13.0 Å². The van der Waals surface area contributed by atoms with Crippen molar-refractivity contribution in [1.82, 2.24) is 4.72 Å². The van der Waals surface area contributed by atoms with Crippen LogP contribution in [-0.2, 0) is 17.2 Å². The maximum absolute atomic E-state index is 12.9. The molecule has 0 spiro atoms. The molecule has 0 saturated carbocycles. The Bertz CT molecular complexity index is 506. The van der Waals surface area contributed by atoms with Gasteiger partial charge in [-0.3, -0.25) is 0 Å². The normalized spacial score (nSPS) is 16.0. The summed E-state index contributed by atoms with van der Waals surface area (Å²) in [7, 11) is -1.34. The predicted octanol–water partition coefficient (Wildman–Crippen LogP) is 4.13. The molecule has 2 nitrogen and oxygen atoms in total. The van der Waals surface area contributed by atoms with Gasteiger partial charge in [0.2, 0.25) is 0 Å². The second-order valence-corrected chi connectivity index (χ2v) is 7.74. The molecule has 1 aromatic carbocycles. The average Bonchev–Trinajstić information content (AvgIpc) is 2.26. The molecule has 2 atom stereocenters. The second-order valence-electron chi connectivity index (χ2n) is 5.74. The minimum atomic E-state index is -4.37. The molecule has 1 rings (SSSR count). The van der Waals surface area contributed by atoms with Crippen LogP contribution in [0.3, 0.4) is 0 Å². The standard InChI is InChI=1S/C14H20F3NOS/c1-9-11(7-6-8-12(9)14(15,16)17)10(2)18-20(19)13(3,4)5/h6-8,10,18H,1-5H3/t10-,20-/m0/s1. The lowest BCUT2D eigenvalue weighted by Crippen LogP contribution is -2.35. The summed E-state index contributed by atoms with van der Waals surface area (Å²) in [5.74, 6) is 0. The van der Waals surface area contributed by atoms with Crippen molar-refractivity contribution in [2.75, 3.05) is 0 Å². The van der Waals surface area contributed by atoms with E-state index in [4.69, 9.17) is 0 Å². The molecule has 1 aromatic rings. The predicted molar refractivity (Wildman–Crippen MR) is 75.6 cm³/mol. The van der Waals surface area contributed by atoms with Crippen molar-refractivity contribution >= 4 is 11.0 Å². The van der Waals surface area contributed by atoms with Gasteiger partial charge in [-0.05, 0) is 51.8 Å². The van der Waals surface area contributed by atoms with Gasteiger partial charge in [-0.1, -0.05) is 12.1 Å². The lowest BCUT2D eigenvalue weighted by atomic mass is 9.98. The summed E-state index contributed by atoms with van der Waals surface area (Å²) in [6, 6.07) is 3.65. The highest BCUT2D eigenvalue weighted by Crippen LogP contribution is 2.34. The van der Waals surface area contributed by atoms with E-state index in [1.165, 1.54) is 13.0 Å². The Morgan fingerprint density at radius 3 is 2.20 bits per heavy atom. The van der Waals surface area contributed by atoms with E-state index in [2.05, 4.69) is 4.72 Å². The first-order chi connectivity index (χ1) is 8.94. The minimum Gasteiger partial charge on any atom is -0.242 e. The highest BCUT2D eigenvalue weighted by molar-refractivity contribution is 7.84. The Morgan fingerprint density at radius 2 is 1.75 bits per heavy atom. The van der Waals surface area contributed by atoms with Gasteiger partial charge in [0.05, 0.1) is 21.3 Å². The molecule has 0 bridgehead atoms. The number of rotatable bonds is 3. The molecule has 1 N–H and O–H groups in total. The molecule has 6 heteroatoms. The molecule has 0 heterocycles. The zero-order valence-corrected chi connectivity index (χ0v) is 13.1. The number of alkyl halides is 3. The van der Waals surface area contributed by atoms with Crippen LogP contribution in [0.5, 0.6) is 0 Å². The third-order valence-electron chi connectivity index (χ3n) is 2.99. The SMILES string of the molecule is Cc1c([C@H](C)N[S@@](=O)C(C)(C)C)cccc1C(F)(F)F. The number of hydrogen-bond donors (Lipinski definition) is 1. The van der Waals surface area contributed by atoms with Crippen molar-refractivity contribution in [3.05, 3.63) is 34.9 Å². The third-order valence-corrected chi connectivity index (χ3v) is 4.67. The summed E-state index contributed by atoms with van der Waals surface area (Å²) in [5.41, 5.74) is 0.0357. The maximum atomic E-state index is 12.9. The summed E-state index contributed by atoms with van der Waals surface area (Å²) in [6.07, 6.45) is -4.37. The first kappa shape index (κ1) is 17.2. The molecule has 0 aliphatic carbocycles. The Balaban J connectivity index is 3.07. The van der Waals surface area contributed by atoms with Crippen molar-refractivity contribution in [3.63, 3.8) is 0 Å². The topological polar surface area (TPSA) is 29.1 Å². The first-order valence-corrected chi connectivity index (χ1v) is 7.44. The average molecular weight is 307 g/mol. The summed E-state index contributed by atoms with van der Waals surface area (Å²) < 4.78 is 53.0. The molecule has 0 amide bonds. The highest BCUT2D eigenvalue weighted by Gasteiger charge is 2.33. The Labute approximate surface area is 120 Å². The Kier molecular flexibility index (Phi) is 5.03. The van der Waals surface area contributed by atoms with Crippen LogP contribution in [0.1, 0.15) is 50.4 Å². The van der Waals surface area contributed by atoms with Crippen LogP contribution in [0.15, 0.2) is 18.2 Å². The number of halogens is 3. The maximum Gasteiger partial charge on any atom is 0.416 e. The monoisotopic (exact) mass is 307 g/mol. The zero-order chi connectivity index (χ0) is 15.7. The number of nitrogens with one attached hydrogen (secondary N) is 1. The molecular weight excluding hydrogens is 287 g/mol. The highest BCUT2D eigenvalue weighted by atomic mass is 32.2. The quantitative estimate of drug-likeness (QED) is 0.894. The van der Waals surface area contributed by atoms with Crippen LogP contribution in [0.2, 0.25) is 0 Å². The fraction of sp³-hybridized carbons (Fsp3) is 0.571. The second kappa shape index (κ2) is 5.85. The molecule has 0 saturated heterocycles. The summed E-state index contributed by atoms with van der Waals surface area (Å²) in [5, 5.41) is 0. The summed E-state index contributed by atoms with van der Waals surface area (Å²) >= 11 is 0. The lowest BCUT2D eigenvalue weighted by Gasteiger charge is -2.24.